The Morgan fingerprint density at radius 2 is 2.05 bits per heavy atom. The van der Waals surface area contributed by atoms with E-state index in [1.54, 1.807) is 6.92 Å². The number of rotatable bonds is 3. The fourth-order valence-corrected chi connectivity index (χ4v) is 2.18. The fourth-order valence-electron chi connectivity index (χ4n) is 2.02. The molecule has 0 aliphatic carbocycles. The molecule has 1 aliphatic heterocycles. The molecule has 0 bridgehead atoms. The number of benzene rings is 1. The number of hydrogen-bond donors (Lipinski definition) is 4. The standard InChI is InChI=1S/C12H15ClN2O6/c1-5-2-8(15(19)20)7(3-6(5)13)14-12-11(18)10(17)9(16)4-21-12/h2-3,9-12,14,16-18H,4H2,1H3/t9?,10?,11?,12-/m1/s1. The highest BCUT2D eigenvalue weighted by atomic mass is 35.5. The van der Waals surface area contributed by atoms with Gasteiger partial charge in [-0.25, -0.2) is 0 Å². The molecule has 116 valence electrons. The van der Waals surface area contributed by atoms with Crippen LogP contribution in [-0.2, 0) is 4.74 Å². The lowest BCUT2D eigenvalue weighted by Gasteiger charge is -2.35. The second-order valence-electron chi connectivity index (χ2n) is 4.82. The summed E-state index contributed by atoms with van der Waals surface area (Å²) in [6, 6.07) is 2.65. The van der Waals surface area contributed by atoms with Crippen LogP contribution in [0.3, 0.4) is 0 Å². The summed E-state index contributed by atoms with van der Waals surface area (Å²) in [4.78, 5) is 10.5. The maximum absolute atomic E-state index is 11.1. The lowest BCUT2D eigenvalue weighted by atomic mass is 10.0. The summed E-state index contributed by atoms with van der Waals surface area (Å²) in [7, 11) is 0. The molecule has 0 radical (unpaired) electrons. The molecule has 4 N–H and O–H groups in total. The maximum atomic E-state index is 11.1. The van der Waals surface area contributed by atoms with Gasteiger partial charge in [-0.05, 0) is 18.6 Å². The largest absolute Gasteiger partial charge is 0.388 e. The monoisotopic (exact) mass is 318 g/mol. The van der Waals surface area contributed by atoms with E-state index in [1.807, 2.05) is 0 Å². The van der Waals surface area contributed by atoms with Gasteiger partial charge in [0.05, 0.1) is 11.5 Å². The molecule has 8 nitrogen and oxygen atoms in total. The SMILES string of the molecule is Cc1cc([N+](=O)[O-])c(N[C@@H]2OCC(O)C(O)C2O)cc1Cl. The van der Waals surface area contributed by atoms with Crippen molar-refractivity contribution in [3.05, 3.63) is 32.8 Å². The van der Waals surface area contributed by atoms with Crippen molar-refractivity contribution >= 4 is 23.0 Å². The molecule has 1 aromatic carbocycles. The van der Waals surface area contributed by atoms with Crippen molar-refractivity contribution in [3.8, 4) is 0 Å². The molecule has 1 aliphatic rings. The number of anilines is 1. The van der Waals surface area contributed by atoms with E-state index in [0.29, 0.717) is 10.6 Å². The molecule has 21 heavy (non-hydrogen) atoms. The van der Waals surface area contributed by atoms with Gasteiger partial charge in [-0.1, -0.05) is 11.6 Å². The highest BCUT2D eigenvalue weighted by Crippen LogP contribution is 2.32. The minimum absolute atomic E-state index is 0.0586. The maximum Gasteiger partial charge on any atom is 0.292 e. The quantitative estimate of drug-likeness (QED) is 0.470. The van der Waals surface area contributed by atoms with Gasteiger partial charge in [0, 0.05) is 11.1 Å². The van der Waals surface area contributed by atoms with Crippen molar-refractivity contribution in [3.63, 3.8) is 0 Å². The molecule has 0 spiro atoms. The number of hydrogen-bond acceptors (Lipinski definition) is 7. The Morgan fingerprint density at radius 1 is 1.38 bits per heavy atom. The fraction of sp³-hybridized carbons (Fsp3) is 0.500. The first-order chi connectivity index (χ1) is 9.81. The van der Waals surface area contributed by atoms with Gasteiger partial charge in [0.2, 0.25) is 0 Å². The van der Waals surface area contributed by atoms with Crippen LogP contribution < -0.4 is 5.32 Å². The number of nitro groups is 1. The van der Waals surface area contributed by atoms with Crippen molar-refractivity contribution in [2.75, 3.05) is 11.9 Å². The highest BCUT2D eigenvalue weighted by Gasteiger charge is 2.38. The van der Waals surface area contributed by atoms with E-state index in [0.717, 1.165) is 0 Å². The van der Waals surface area contributed by atoms with Crippen LogP contribution in [0.2, 0.25) is 5.02 Å². The Hall–Kier alpha value is -1.45. The van der Waals surface area contributed by atoms with Crippen LogP contribution >= 0.6 is 11.6 Å². The summed E-state index contributed by atoms with van der Waals surface area (Å²) in [5.74, 6) is 0. The first-order valence-corrected chi connectivity index (χ1v) is 6.56. The first-order valence-electron chi connectivity index (χ1n) is 6.18. The first kappa shape index (κ1) is 15.9. The smallest absolute Gasteiger partial charge is 0.292 e. The molecule has 0 saturated carbocycles. The van der Waals surface area contributed by atoms with Crippen molar-refractivity contribution < 1.29 is 25.0 Å². The third-order valence-electron chi connectivity index (χ3n) is 3.27. The Bertz CT molecular complexity index is 555. The van der Waals surface area contributed by atoms with Crippen LogP contribution in [-0.4, -0.2) is 51.4 Å². The summed E-state index contributed by atoms with van der Waals surface area (Å²) in [6.07, 6.45) is -5.15. The molecule has 1 aromatic rings. The van der Waals surface area contributed by atoms with Gasteiger partial charge in [-0.2, -0.15) is 0 Å². The van der Waals surface area contributed by atoms with Crippen molar-refractivity contribution in [2.24, 2.45) is 0 Å². The van der Waals surface area contributed by atoms with Gasteiger partial charge in [0.15, 0.2) is 6.23 Å². The van der Waals surface area contributed by atoms with E-state index in [-0.39, 0.29) is 18.0 Å². The third-order valence-corrected chi connectivity index (χ3v) is 3.68. The number of aliphatic hydroxyl groups is 3. The molecule has 1 fully saturated rings. The van der Waals surface area contributed by atoms with Crippen LogP contribution in [0.25, 0.3) is 0 Å². The van der Waals surface area contributed by atoms with Crippen LogP contribution in [0.5, 0.6) is 0 Å². The zero-order chi connectivity index (χ0) is 15.7. The molecule has 1 heterocycles. The van der Waals surface area contributed by atoms with Crippen molar-refractivity contribution in [2.45, 2.75) is 31.5 Å². The molecule has 0 amide bonds. The number of ether oxygens (including phenoxy) is 1. The minimum atomic E-state index is -1.44. The molecule has 0 aromatic heterocycles. The van der Waals surface area contributed by atoms with Crippen LogP contribution in [0.4, 0.5) is 11.4 Å². The van der Waals surface area contributed by atoms with E-state index < -0.39 is 29.5 Å². The highest BCUT2D eigenvalue weighted by molar-refractivity contribution is 6.31. The van der Waals surface area contributed by atoms with E-state index in [4.69, 9.17) is 16.3 Å². The van der Waals surface area contributed by atoms with Gasteiger partial charge in [-0.15, -0.1) is 0 Å². The van der Waals surface area contributed by atoms with Crippen LogP contribution in [0.15, 0.2) is 12.1 Å². The predicted molar refractivity (Wildman–Crippen MR) is 74.2 cm³/mol. The van der Waals surface area contributed by atoms with E-state index in [2.05, 4.69) is 5.32 Å². The summed E-state index contributed by atoms with van der Waals surface area (Å²) in [5, 5.41) is 42.8. The summed E-state index contributed by atoms with van der Waals surface area (Å²) in [6.45, 7) is 1.43. The number of nitrogens with zero attached hydrogens (tertiary/aromatic N) is 1. The zero-order valence-corrected chi connectivity index (χ0v) is 11.8. The van der Waals surface area contributed by atoms with Gasteiger partial charge in [-0.3, -0.25) is 10.1 Å². The number of nitro benzene ring substituents is 1. The Morgan fingerprint density at radius 3 is 2.67 bits per heavy atom. The van der Waals surface area contributed by atoms with Crippen molar-refractivity contribution in [1.29, 1.82) is 0 Å². The molecule has 9 heteroatoms. The lowest BCUT2D eigenvalue weighted by molar-refractivity contribution is -0.384. The predicted octanol–water partition coefficient (Wildman–Crippen LogP) is 0.408. The molecule has 1 saturated heterocycles. The zero-order valence-electron chi connectivity index (χ0n) is 11.1. The average molecular weight is 319 g/mol. The van der Waals surface area contributed by atoms with Gasteiger partial charge >= 0.3 is 0 Å². The Labute approximate surface area is 125 Å². The second kappa shape index (κ2) is 6.12. The second-order valence-corrected chi connectivity index (χ2v) is 5.23. The summed E-state index contributed by atoms with van der Waals surface area (Å²) >= 11 is 5.94. The van der Waals surface area contributed by atoms with Gasteiger partial charge in [0.1, 0.15) is 24.0 Å². The molecule has 2 rings (SSSR count). The third kappa shape index (κ3) is 3.25. The number of aliphatic hydroxyl groups excluding tert-OH is 3. The van der Waals surface area contributed by atoms with Gasteiger partial charge in [0.25, 0.3) is 5.69 Å². The minimum Gasteiger partial charge on any atom is -0.388 e. The van der Waals surface area contributed by atoms with Crippen molar-refractivity contribution in [1.82, 2.24) is 0 Å². The van der Waals surface area contributed by atoms with E-state index in [9.17, 15) is 25.4 Å². The Balaban J connectivity index is 2.27. The number of nitrogens with one attached hydrogen (secondary N) is 1. The van der Waals surface area contributed by atoms with E-state index in [1.165, 1.54) is 12.1 Å². The summed E-state index contributed by atoms with van der Waals surface area (Å²) < 4.78 is 5.14. The molecular weight excluding hydrogens is 304 g/mol. The molecule has 4 atom stereocenters. The normalized spacial score (nSPS) is 29.2. The van der Waals surface area contributed by atoms with E-state index >= 15 is 0 Å². The molecular formula is C12H15ClN2O6. The van der Waals surface area contributed by atoms with Crippen LogP contribution in [0, 0.1) is 17.0 Å². The summed E-state index contributed by atoms with van der Waals surface area (Å²) in [5.41, 5.74) is 0.367. The average Bonchev–Trinajstić information content (AvgIpc) is 2.43. The topological polar surface area (TPSA) is 125 Å². The number of aryl methyl sites for hydroxylation is 1. The lowest BCUT2D eigenvalue weighted by Crippen LogP contribution is -2.55. The number of halogens is 1. The van der Waals surface area contributed by atoms with Crippen LogP contribution in [0.1, 0.15) is 5.56 Å². The molecule has 3 unspecified atom stereocenters. The van der Waals surface area contributed by atoms with Gasteiger partial charge < -0.3 is 25.4 Å². The Kier molecular flexibility index (Phi) is 4.64.